The normalized spacial score (nSPS) is 16.0. The quantitative estimate of drug-likeness (QED) is 0.118. The Morgan fingerprint density at radius 2 is 0.779 bits per heavy atom. The van der Waals surface area contributed by atoms with Crippen molar-refractivity contribution in [2.75, 3.05) is 9.80 Å². The first-order valence-electron chi connectivity index (χ1n) is 17.8. The van der Waals surface area contributed by atoms with Crippen LogP contribution in [-0.2, 0) is 12.4 Å². The van der Waals surface area contributed by atoms with Crippen molar-refractivity contribution in [1.82, 2.24) is 0 Å². The molecule has 0 N–H and O–H groups in total. The first-order valence-corrected chi connectivity index (χ1v) is 17.8. The Morgan fingerprint density at radius 1 is 0.412 bits per heavy atom. The minimum atomic E-state index is -6.26. The van der Waals surface area contributed by atoms with Crippen molar-refractivity contribution < 1.29 is 110 Å². The van der Waals surface area contributed by atoms with Gasteiger partial charge in [-0.15, -0.1) is 0 Å². The van der Waals surface area contributed by atoms with Gasteiger partial charge in [0.25, 0.3) is 0 Å². The van der Waals surface area contributed by atoms with Crippen LogP contribution >= 0.6 is 0 Å². The van der Waals surface area contributed by atoms with Gasteiger partial charge in [-0.3, -0.25) is 4.90 Å². The Bertz CT molecular complexity index is 2900. The zero-order chi connectivity index (χ0) is 51.3. The molecular formula is C41H15F25N2. The van der Waals surface area contributed by atoms with E-state index in [1.807, 2.05) is 0 Å². The van der Waals surface area contributed by atoms with Crippen LogP contribution < -0.4 is 9.80 Å². The summed E-state index contributed by atoms with van der Waals surface area (Å²) in [5, 5.41) is 0. The van der Waals surface area contributed by atoms with Crippen LogP contribution in [0.1, 0.15) is 22.3 Å². The molecule has 0 radical (unpaired) electrons. The van der Waals surface area contributed by atoms with Gasteiger partial charge in [-0.2, -0.15) is 39.5 Å². The highest BCUT2D eigenvalue weighted by Gasteiger charge is 2.53. The lowest BCUT2D eigenvalue weighted by molar-refractivity contribution is -0.144. The van der Waals surface area contributed by atoms with Gasteiger partial charge >= 0.3 is 18.5 Å². The molecule has 68 heavy (non-hydrogen) atoms. The number of halogens is 25. The van der Waals surface area contributed by atoms with E-state index < -0.39 is 190 Å². The summed E-state index contributed by atoms with van der Waals surface area (Å²) in [4.78, 5) is -1.40. The van der Waals surface area contributed by atoms with Crippen LogP contribution in [0.5, 0.6) is 0 Å². The van der Waals surface area contributed by atoms with Crippen molar-refractivity contribution in [2.45, 2.75) is 44.6 Å². The van der Waals surface area contributed by atoms with Crippen molar-refractivity contribution in [3.8, 4) is 11.1 Å². The molecule has 0 heterocycles. The molecule has 0 spiro atoms. The van der Waals surface area contributed by atoms with E-state index in [-0.39, 0.29) is 11.1 Å². The van der Waals surface area contributed by atoms with Gasteiger partial charge in [0.1, 0.15) is 39.8 Å². The van der Waals surface area contributed by atoms with Gasteiger partial charge in [-0.05, 0) is 60.4 Å². The molecule has 0 aliphatic heterocycles. The molecule has 1 aliphatic carbocycles. The molecule has 1 aliphatic rings. The Morgan fingerprint density at radius 3 is 1.16 bits per heavy atom. The molecule has 0 saturated heterocycles. The highest BCUT2D eigenvalue weighted by atomic mass is 19.4. The van der Waals surface area contributed by atoms with Crippen LogP contribution in [0, 0.1) is 83.7 Å². The molecule has 0 saturated carbocycles. The van der Waals surface area contributed by atoms with Gasteiger partial charge in [0.2, 0.25) is 0 Å². The van der Waals surface area contributed by atoms with Gasteiger partial charge in [-0.25, -0.2) is 70.2 Å². The van der Waals surface area contributed by atoms with Crippen molar-refractivity contribution in [3.05, 3.63) is 158 Å². The molecule has 2 atom stereocenters. The number of alkyl halides is 10. The summed E-state index contributed by atoms with van der Waals surface area (Å²) in [5.41, 5.74) is -21.1. The highest BCUT2D eigenvalue weighted by molar-refractivity contribution is 5.83. The smallest absolute Gasteiger partial charge is 0.323 e. The zero-order valence-electron chi connectivity index (χ0n) is 32.5. The molecule has 0 aromatic heterocycles. The molecule has 2 unspecified atom stereocenters. The maximum atomic E-state index is 15.6. The zero-order valence-corrected chi connectivity index (χ0v) is 32.5. The van der Waals surface area contributed by atoms with Crippen molar-refractivity contribution in [2.24, 2.45) is 0 Å². The second-order valence-electron chi connectivity index (χ2n) is 14.2. The lowest BCUT2D eigenvalue weighted by atomic mass is 9.92. The first-order chi connectivity index (χ1) is 31.2. The van der Waals surface area contributed by atoms with Crippen molar-refractivity contribution >= 4 is 28.4 Å². The average Bonchev–Trinajstić information content (AvgIpc) is 3.21. The summed E-state index contributed by atoms with van der Waals surface area (Å²) >= 11 is 0. The van der Waals surface area contributed by atoms with Crippen molar-refractivity contribution in [3.63, 3.8) is 0 Å². The number of hydrogen-bond donors (Lipinski definition) is 0. The maximum Gasteiger partial charge on any atom is 0.422 e. The van der Waals surface area contributed by atoms with Crippen LogP contribution in [0.4, 0.5) is 138 Å². The second-order valence-corrected chi connectivity index (χ2v) is 14.2. The average molecular weight is 1010 g/mol. The highest BCUT2D eigenvalue weighted by Crippen LogP contribution is 2.51. The third kappa shape index (κ3) is 8.19. The number of anilines is 5. The van der Waals surface area contributed by atoms with Crippen LogP contribution in [0.3, 0.4) is 0 Å². The van der Waals surface area contributed by atoms with Gasteiger partial charge in [0, 0.05) is 17.4 Å². The van der Waals surface area contributed by atoms with Gasteiger partial charge in [0.15, 0.2) is 93.5 Å². The molecule has 5 aromatic rings. The summed E-state index contributed by atoms with van der Waals surface area (Å²) in [6.07, 6.45) is -22.9. The third-order valence-electron chi connectivity index (χ3n) is 10.1. The summed E-state index contributed by atoms with van der Waals surface area (Å²) < 4.78 is 363. The summed E-state index contributed by atoms with van der Waals surface area (Å²) in [6.45, 7) is 1.85. The molecule has 0 bridgehead atoms. The fourth-order valence-corrected chi connectivity index (χ4v) is 7.15. The fraction of sp³-hybridized carbons (Fsp3) is 0.171. The van der Waals surface area contributed by atoms with Crippen LogP contribution in [0.15, 0.2) is 65.5 Å². The maximum absolute atomic E-state index is 15.6. The number of allylic oxidation sites excluding steroid dienone is 2. The molecule has 6 rings (SSSR count). The Kier molecular flexibility index (Phi) is 12.9. The molecule has 2 nitrogen and oxygen atoms in total. The Hall–Kier alpha value is -6.57. The van der Waals surface area contributed by atoms with E-state index in [1.54, 1.807) is 0 Å². The van der Waals surface area contributed by atoms with Gasteiger partial charge in [-0.1, -0.05) is 12.1 Å². The molecule has 27 heteroatoms. The minimum Gasteiger partial charge on any atom is -0.323 e. The standard InChI is InChI=1S/C41H15F25N2/c1-10-7-12(67(35-21(44)16(42)9-17(43)22(35)45)36-29(52)23(46)18(39(58,59)60)24(47)30(36)53)3-5-14(10)15-6-4-13(8-11(15)2)68(37-31(54)25(48)19(40(61,62)63)26(49)32(37)55)38-33(56)27(50)20(41(64,65)66)28(51)34(38)57/h3-9,31,37H,1-2H3. The lowest BCUT2D eigenvalue weighted by Gasteiger charge is -2.37. The van der Waals surface area contributed by atoms with Crippen LogP contribution in [-0.4, -0.2) is 18.4 Å². The predicted molar refractivity (Wildman–Crippen MR) is 186 cm³/mol. The van der Waals surface area contributed by atoms with E-state index in [0.717, 1.165) is 13.8 Å². The number of hydrogen-bond acceptors (Lipinski definition) is 2. The van der Waals surface area contributed by atoms with E-state index >= 15 is 35.1 Å². The largest absolute Gasteiger partial charge is 0.422 e. The van der Waals surface area contributed by atoms with E-state index in [0.29, 0.717) is 36.4 Å². The number of aryl methyl sites for hydroxylation is 2. The third-order valence-corrected chi connectivity index (χ3v) is 10.1. The molecule has 5 aromatic carbocycles. The SMILES string of the molecule is Cc1cc(N(c2c(F)c(F)cc(F)c2F)c2c(F)c(F)c(C(F)(F)F)c(F)c2F)ccc1-c1ccc(N(c2c(F)c(F)c(C(F)(F)F)c(F)c2F)C2C(F)=C(F)C(C(F)(F)F)=C(F)C2F)cc1C. The topological polar surface area (TPSA) is 6.48 Å². The van der Waals surface area contributed by atoms with Crippen molar-refractivity contribution in [1.29, 1.82) is 0 Å². The predicted octanol–water partition coefficient (Wildman–Crippen LogP) is 15.9. The number of benzene rings is 5. The fourth-order valence-electron chi connectivity index (χ4n) is 7.15. The lowest BCUT2D eigenvalue weighted by Crippen LogP contribution is -2.45. The molecule has 0 fully saturated rings. The Labute approximate surface area is 361 Å². The molecule has 0 amide bonds. The summed E-state index contributed by atoms with van der Waals surface area (Å²) in [5.74, 6) is -45.0. The first kappa shape index (κ1) is 50.8. The monoisotopic (exact) mass is 1010 g/mol. The van der Waals surface area contributed by atoms with Gasteiger partial charge in [0.05, 0.1) is 0 Å². The second kappa shape index (κ2) is 17.2. The van der Waals surface area contributed by atoms with E-state index in [9.17, 15) is 74.6 Å². The van der Waals surface area contributed by atoms with E-state index in [1.165, 1.54) is 0 Å². The van der Waals surface area contributed by atoms with Gasteiger partial charge < -0.3 is 4.90 Å². The summed E-state index contributed by atoms with van der Waals surface area (Å²) in [6, 6.07) is -1.14. The van der Waals surface area contributed by atoms with Crippen LogP contribution in [0.25, 0.3) is 11.1 Å². The number of rotatable bonds is 7. The minimum absolute atomic E-state index is 0.327. The summed E-state index contributed by atoms with van der Waals surface area (Å²) in [7, 11) is 0. The van der Waals surface area contributed by atoms with E-state index in [4.69, 9.17) is 0 Å². The Balaban J connectivity index is 1.59. The molecular weight excluding hydrogens is 995 g/mol. The number of nitrogens with zero attached hydrogens (tertiary/aromatic N) is 2. The van der Waals surface area contributed by atoms with E-state index in [2.05, 4.69) is 0 Å². The molecule has 364 valence electrons. The van der Waals surface area contributed by atoms with Crippen LogP contribution in [0.2, 0.25) is 0 Å².